The van der Waals surface area contributed by atoms with E-state index < -0.39 is 15.9 Å². The molecule has 0 radical (unpaired) electrons. The fraction of sp³-hybridized carbons (Fsp3) is 0.444. The molecule has 2 amide bonds. The molecule has 1 fully saturated rings. The van der Waals surface area contributed by atoms with E-state index in [2.05, 4.69) is 10.9 Å². The molecule has 1 aromatic rings. The maximum atomic E-state index is 12.6. The Hall–Kier alpha value is -2.19. The highest BCUT2D eigenvalue weighted by Gasteiger charge is 2.27. The number of benzene rings is 1. The fourth-order valence-corrected chi connectivity index (χ4v) is 4.79. The first-order valence-electron chi connectivity index (χ1n) is 8.83. The van der Waals surface area contributed by atoms with E-state index in [1.54, 1.807) is 0 Å². The van der Waals surface area contributed by atoms with Gasteiger partial charge in [-0.2, -0.15) is 4.31 Å². The minimum absolute atomic E-state index is 0.0921. The van der Waals surface area contributed by atoms with E-state index in [-0.39, 0.29) is 22.3 Å². The average molecular weight is 377 g/mol. The van der Waals surface area contributed by atoms with Crippen molar-refractivity contribution in [2.24, 2.45) is 5.92 Å². The van der Waals surface area contributed by atoms with E-state index in [1.165, 1.54) is 28.6 Å². The van der Waals surface area contributed by atoms with Gasteiger partial charge in [0.1, 0.15) is 0 Å². The first-order valence-corrected chi connectivity index (χ1v) is 10.3. The van der Waals surface area contributed by atoms with Crippen molar-refractivity contribution in [3.63, 3.8) is 0 Å². The van der Waals surface area contributed by atoms with Crippen LogP contribution in [0.5, 0.6) is 0 Å². The highest BCUT2D eigenvalue weighted by atomic mass is 32.2. The highest BCUT2D eigenvalue weighted by molar-refractivity contribution is 7.89. The molecule has 2 aliphatic rings. The molecular formula is C18H23N3O4S. The molecule has 7 nitrogen and oxygen atoms in total. The van der Waals surface area contributed by atoms with Crippen LogP contribution in [0.15, 0.2) is 41.3 Å². The topological polar surface area (TPSA) is 95.6 Å². The second-order valence-electron chi connectivity index (χ2n) is 6.61. The number of nitrogens with zero attached hydrogens (tertiary/aromatic N) is 1. The van der Waals surface area contributed by atoms with Crippen LogP contribution in [0.1, 0.15) is 42.5 Å². The number of hydrogen-bond donors (Lipinski definition) is 2. The molecule has 1 aromatic carbocycles. The summed E-state index contributed by atoms with van der Waals surface area (Å²) in [5, 5.41) is 0. The van der Waals surface area contributed by atoms with Gasteiger partial charge in [0.05, 0.1) is 4.90 Å². The van der Waals surface area contributed by atoms with Gasteiger partial charge in [-0.1, -0.05) is 18.2 Å². The summed E-state index contributed by atoms with van der Waals surface area (Å²) in [4.78, 5) is 24.2. The van der Waals surface area contributed by atoms with E-state index in [9.17, 15) is 18.0 Å². The molecule has 1 unspecified atom stereocenters. The van der Waals surface area contributed by atoms with Crippen molar-refractivity contribution >= 4 is 21.8 Å². The normalized spacial score (nSPS) is 20.2. The number of allylic oxidation sites excluding steroid dienone is 2. The SMILES string of the molecule is O=C(CC1C=CCC1)NNC(=O)c1cccc(S(=O)(=O)N2CCCC2)c1. The third kappa shape index (κ3) is 4.31. The Morgan fingerprint density at radius 3 is 2.62 bits per heavy atom. The van der Waals surface area contributed by atoms with Crippen LogP contribution in [0.25, 0.3) is 0 Å². The molecule has 1 saturated heterocycles. The maximum absolute atomic E-state index is 12.6. The van der Waals surface area contributed by atoms with Crippen LogP contribution in [-0.2, 0) is 14.8 Å². The standard InChI is InChI=1S/C18H23N3O4S/c22-17(12-14-6-1-2-7-14)19-20-18(23)15-8-5-9-16(13-15)26(24,25)21-10-3-4-11-21/h1,5-6,8-9,13-14H,2-4,7,10-12H2,(H,19,22)(H,20,23). The van der Waals surface area contributed by atoms with Gasteiger partial charge in [-0.3, -0.25) is 20.4 Å². The van der Waals surface area contributed by atoms with Gasteiger partial charge in [0.25, 0.3) is 5.91 Å². The van der Waals surface area contributed by atoms with Crippen LogP contribution in [-0.4, -0.2) is 37.6 Å². The van der Waals surface area contributed by atoms with E-state index in [1.807, 2.05) is 12.2 Å². The minimum Gasteiger partial charge on any atom is -0.273 e. The van der Waals surface area contributed by atoms with Crippen molar-refractivity contribution in [3.8, 4) is 0 Å². The summed E-state index contributed by atoms with van der Waals surface area (Å²) in [6.07, 6.45) is 7.99. The van der Waals surface area contributed by atoms with Crippen LogP contribution in [0.2, 0.25) is 0 Å². The Bertz CT molecular complexity index is 813. The zero-order chi connectivity index (χ0) is 18.6. The number of rotatable bonds is 5. The molecule has 3 rings (SSSR count). The summed E-state index contributed by atoms with van der Waals surface area (Å²) in [6.45, 7) is 1.01. The molecule has 26 heavy (non-hydrogen) atoms. The Kier molecular flexibility index (Phi) is 5.73. The summed E-state index contributed by atoms with van der Waals surface area (Å²) < 4.78 is 26.6. The lowest BCUT2D eigenvalue weighted by molar-refractivity contribution is -0.122. The van der Waals surface area contributed by atoms with Gasteiger partial charge in [-0.05, 0) is 49.8 Å². The second kappa shape index (κ2) is 8.01. The molecule has 1 heterocycles. The number of amides is 2. The Morgan fingerprint density at radius 2 is 1.92 bits per heavy atom. The van der Waals surface area contributed by atoms with Crippen molar-refractivity contribution in [3.05, 3.63) is 42.0 Å². The molecule has 140 valence electrons. The molecule has 0 saturated carbocycles. The zero-order valence-corrected chi connectivity index (χ0v) is 15.3. The van der Waals surface area contributed by atoms with Gasteiger partial charge < -0.3 is 0 Å². The number of hydrazine groups is 1. The lowest BCUT2D eigenvalue weighted by Gasteiger charge is -2.16. The predicted octanol–water partition coefficient (Wildman–Crippen LogP) is 1.59. The summed E-state index contributed by atoms with van der Waals surface area (Å²) >= 11 is 0. The van der Waals surface area contributed by atoms with Crippen molar-refractivity contribution in [2.75, 3.05) is 13.1 Å². The van der Waals surface area contributed by atoms with Crippen molar-refractivity contribution in [2.45, 2.75) is 37.0 Å². The smallest absolute Gasteiger partial charge is 0.269 e. The largest absolute Gasteiger partial charge is 0.273 e. The summed E-state index contributed by atoms with van der Waals surface area (Å²) in [7, 11) is -3.58. The van der Waals surface area contributed by atoms with Gasteiger partial charge in [0, 0.05) is 25.1 Å². The lowest BCUT2D eigenvalue weighted by atomic mass is 10.1. The Morgan fingerprint density at radius 1 is 1.15 bits per heavy atom. The van der Waals surface area contributed by atoms with Gasteiger partial charge in [-0.25, -0.2) is 8.42 Å². The molecule has 1 aliphatic heterocycles. The molecule has 2 N–H and O–H groups in total. The second-order valence-corrected chi connectivity index (χ2v) is 8.55. The molecular weight excluding hydrogens is 354 g/mol. The third-order valence-corrected chi connectivity index (χ3v) is 6.57. The third-order valence-electron chi connectivity index (χ3n) is 4.67. The van der Waals surface area contributed by atoms with Crippen LogP contribution >= 0.6 is 0 Å². The maximum Gasteiger partial charge on any atom is 0.269 e. The Balaban J connectivity index is 1.61. The Labute approximate surface area is 153 Å². The predicted molar refractivity (Wildman–Crippen MR) is 96.5 cm³/mol. The molecule has 1 aliphatic carbocycles. The first kappa shape index (κ1) is 18.6. The molecule has 8 heteroatoms. The fourth-order valence-electron chi connectivity index (χ4n) is 3.23. The number of carbonyl (C=O) groups excluding carboxylic acids is 2. The van der Waals surface area contributed by atoms with Crippen LogP contribution in [0.3, 0.4) is 0 Å². The average Bonchev–Trinajstić information content (AvgIpc) is 3.34. The molecule has 0 bridgehead atoms. The molecule has 0 aromatic heterocycles. The summed E-state index contributed by atoms with van der Waals surface area (Å²) in [5.74, 6) is -0.602. The van der Waals surface area contributed by atoms with Crippen LogP contribution in [0.4, 0.5) is 0 Å². The van der Waals surface area contributed by atoms with Gasteiger partial charge in [-0.15, -0.1) is 0 Å². The number of hydrogen-bond acceptors (Lipinski definition) is 4. The number of nitrogens with one attached hydrogen (secondary N) is 2. The van der Waals surface area contributed by atoms with Gasteiger partial charge >= 0.3 is 0 Å². The van der Waals surface area contributed by atoms with Crippen molar-refractivity contribution < 1.29 is 18.0 Å². The van der Waals surface area contributed by atoms with Gasteiger partial charge in [0.15, 0.2) is 0 Å². The quantitative estimate of drug-likeness (QED) is 0.602. The summed E-state index contributed by atoms with van der Waals surface area (Å²) in [5.41, 5.74) is 4.93. The van der Waals surface area contributed by atoms with Crippen molar-refractivity contribution in [1.29, 1.82) is 0 Å². The number of sulfonamides is 1. The number of carbonyl (C=O) groups is 2. The van der Waals surface area contributed by atoms with Crippen LogP contribution < -0.4 is 10.9 Å². The monoisotopic (exact) mass is 377 g/mol. The minimum atomic E-state index is -3.58. The van der Waals surface area contributed by atoms with Crippen molar-refractivity contribution in [1.82, 2.24) is 15.2 Å². The van der Waals surface area contributed by atoms with E-state index >= 15 is 0 Å². The summed E-state index contributed by atoms with van der Waals surface area (Å²) in [6, 6.07) is 5.87. The van der Waals surface area contributed by atoms with E-state index in [4.69, 9.17) is 0 Å². The molecule has 1 atom stereocenters. The zero-order valence-electron chi connectivity index (χ0n) is 14.5. The lowest BCUT2D eigenvalue weighted by Crippen LogP contribution is -2.42. The van der Waals surface area contributed by atoms with E-state index in [0.29, 0.717) is 19.5 Å². The molecule has 0 spiro atoms. The van der Waals surface area contributed by atoms with Crippen LogP contribution in [0, 0.1) is 5.92 Å². The highest BCUT2D eigenvalue weighted by Crippen LogP contribution is 2.22. The van der Waals surface area contributed by atoms with Gasteiger partial charge in [0.2, 0.25) is 15.9 Å². The first-order chi connectivity index (χ1) is 12.5. The van der Waals surface area contributed by atoms with E-state index in [0.717, 1.165) is 25.7 Å².